The third kappa shape index (κ3) is 2.02. The Morgan fingerprint density at radius 1 is 1.44 bits per heavy atom. The summed E-state index contributed by atoms with van der Waals surface area (Å²) in [6, 6.07) is 8.06. The lowest BCUT2D eigenvalue weighted by atomic mass is 10.1. The molecule has 1 aromatic rings. The molecule has 3 nitrogen and oxygen atoms in total. The Kier molecular flexibility index (Phi) is 3.12. The molecule has 0 aromatic heterocycles. The van der Waals surface area contributed by atoms with E-state index in [1.807, 2.05) is 25.1 Å². The quantitative estimate of drug-likeness (QED) is 0.796. The van der Waals surface area contributed by atoms with Gasteiger partial charge in [0.05, 0.1) is 23.4 Å². The molecule has 1 saturated carbocycles. The summed E-state index contributed by atoms with van der Waals surface area (Å²) in [6.45, 7) is 1.93. The van der Waals surface area contributed by atoms with Gasteiger partial charge in [-0.2, -0.15) is 5.26 Å². The highest BCUT2D eigenvalue weighted by Gasteiger charge is 2.25. The van der Waals surface area contributed by atoms with Gasteiger partial charge in [0.2, 0.25) is 0 Å². The van der Waals surface area contributed by atoms with Crippen LogP contribution in [0.25, 0.3) is 0 Å². The zero-order chi connectivity index (χ0) is 11.5. The van der Waals surface area contributed by atoms with Crippen molar-refractivity contribution in [2.24, 2.45) is 0 Å². The minimum Gasteiger partial charge on any atom is -0.391 e. The van der Waals surface area contributed by atoms with Crippen molar-refractivity contribution in [2.75, 3.05) is 5.32 Å². The number of aliphatic hydroxyl groups is 1. The molecule has 0 bridgehead atoms. The number of nitrogens with zero attached hydrogens (tertiary/aromatic N) is 1. The van der Waals surface area contributed by atoms with Gasteiger partial charge < -0.3 is 10.4 Å². The van der Waals surface area contributed by atoms with Gasteiger partial charge in [-0.3, -0.25) is 0 Å². The van der Waals surface area contributed by atoms with Crippen molar-refractivity contribution in [3.05, 3.63) is 29.3 Å². The Labute approximate surface area is 95.7 Å². The smallest absolute Gasteiger partial charge is 0.102 e. The summed E-state index contributed by atoms with van der Waals surface area (Å²) in [5.74, 6) is 0. The van der Waals surface area contributed by atoms with E-state index in [0.29, 0.717) is 5.56 Å². The lowest BCUT2D eigenvalue weighted by Gasteiger charge is -2.19. The maximum Gasteiger partial charge on any atom is 0.102 e. The Hall–Kier alpha value is -1.53. The van der Waals surface area contributed by atoms with Crippen molar-refractivity contribution in [2.45, 2.75) is 38.3 Å². The molecular weight excluding hydrogens is 200 g/mol. The fourth-order valence-electron chi connectivity index (χ4n) is 2.25. The van der Waals surface area contributed by atoms with Crippen LogP contribution in [0, 0.1) is 18.3 Å². The molecule has 2 unspecified atom stereocenters. The molecular formula is C13H16N2O. The lowest BCUT2D eigenvalue weighted by molar-refractivity contribution is 0.172. The molecule has 1 fully saturated rings. The summed E-state index contributed by atoms with van der Waals surface area (Å²) in [6.07, 6.45) is 2.59. The first-order chi connectivity index (χ1) is 7.72. The Morgan fingerprint density at radius 2 is 2.25 bits per heavy atom. The molecule has 1 aromatic carbocycles. The number of hydrogen-bond donors (Lipinski definition) is 2. The van der Waals surface area contributed by atoms with Crippen LogP contribution in [0.5, 0.6) is 0 Å². The van der Waals surface area contributed by atoms with Gasteiger partial charge in [0, 0.05) is 0 Å². The van der Waals surface area contributed by atoms with Crippen LogP contribution in [0.2, 0.25) is 0 Å². The van der Waals surface area contributed by atoms with E-state index in [2.05, 4.69) is 11.4 Å². The molecule has 0 saturated heterocycles. The summed E-state index contributed by atoms with van der Waals surface area (Å²) in [5, 5.41) is 22.1. The van der Waals surface area contributed by atoms with Crippen molar-refractivity contribution >= 4 is 5.69 Å². The van der Waals surface area contributed by atoms with Crippen LogP contribution >= 0.6 is 0 Å². The molecule has 2 atom stereocenters. The zero-order valence-corrected chi connectivity index (χ0v) is 9.40. The van der Waals surface area contributed by atoms with E-state index in [1.165, 1.54) is 0 Å². The molecule has 16 heavy (non-hydrogen) atoms. The monoisotopic (exact) mass is 216 g/mol. The maximum atomic E-state index is 9.74. The van der Waals surface area contributed by atoms with E-state index in [1.54, 1.807) is 0 Å². The van der Waals surface area contributed by atoms with Gasteiger partial charge in [-0.05, 0) is 37.8 Å². The second-order valence-corrected chi connectivity index (χ2v) is 4.36. The number of aryl methyl sites for hydroxylation is 1. The largest absolute Gasteiger partial charge is 0.391 e. The van der Waals surface area contributed by atoms with Gasteiger partial charge in [-0.25, -0.2) is 0 Å². The molecule has 1 aliphatic carbocycles. The highest BCUT2D eigenvalue weighted by molar-refractivity contribution is 5.61. The third-order valence-electron chi connectivity index (χ3n) is 3.20. The SMILES string of the molecule is Cc1cccc(NC2CCCC2O)c1C#N. The van der Waals surface area contributed by atoms with Gasteiger partial charge in [-0.15, -0.1) is 0 Å². The molecule has 0 amide bonds. The maximum absolute atomic E-state index is 9.74. The fourth-order valence-corrected chi connectivity index (χ4v) is 2.25. The second kappa shape index (κ2) is 4.54. The van der Waals surface area contributed by atoms with Crippen LogP contribution in [0.15, 0.2) is 18.2 Å². The number of nitrogens with one attached hydrogen (secondary N) is 1. The summed E-state index contributed by atoms with van der Waals surface area (Å²) in [5.41, 5.74) is 2.50. The van der Waals surface area contributed by atoms with Crippen LogP contribution in [0.3, 0.4) is 0 Å². The van der Waals surface area contributed by atoms with Crippen molar-refractivity contribution in [3.8, 4) is 6.07 Å². The number of aliphatic hydroxyl groups excluding tert-OH is 1. The molecule has 1 aliphatic rings. The van der Waals surface area contributed by atoms with E-state index < -0.39 is 0 Å². The first kappa shape index (κ1) is 11.0. The van der Waals surface area contributed by atoms with Crippen molar-refractivity contribution < 1.29 is 5.11 Å². The Morgan fingerprint density at radius 3 is 2.88 bits per heavy atom. The minimum absolute atomic E-state index is 0.0916. The number of anilines is 1. The molecule has 0 heterocycles. The summed E-state index contributed by atoms with van der Waals surface area (Å²) in [4.78, 5) is 0. The normalized spacial score (nSPS) is 24.1. The average molecular weight is 216 g/mol. The van der Waals surface area contributed by atoms with Crippen LogP contribution in [0.4, 0.5) is 5.69 Å². The zero-order valence-electron chi connectivity index (χ0n) is 9.40. The third-order valence-corrected chi connectivity index (χ3v) is 3.20. The topological polar surface area (TPSA) is 56.0 Å². The van der Waals surface area contributed by atoms with Gasteiger partial charge >= 0.3 is 0 Å². The first-order valence-electron chi connectivity index (χ1n) is 5.66. The summed E-state index contributed by atoms with van der Waals surface area (Å²) < 4.78 is 0. The van der Waals surface area contributed by atoms with E-state index in [9.17, 15) is 5.11 Å². The molecule has 2 N–H and O–H groups in total. The van der Waals surface area contributed by atoms with Gasteiger partial charge in [0.25, 0.3) is 0 Å². The van der Waals surface area contributed by atoms with E-state index in [-0.39, 0.29) is 12.1 Å². The first-order valence-corrected chi connectivity index (χ1v) is 5.66. The van der Waals surface area contributed by atoms with Crippen molar-refractivity contribution in [1.82, 2.24) is 0 Å². The average Bonchev–Trinajstić information content (AvgIpc) is 2.65. The van der Waals surface area contributed by atoms with Crippen molar-refractivity contribution in [3.63, 3.8) is 0 Å². The molecule has 2 rings (SSSR count). The van der Waals surface area contributed by atoms with E-state index in [0.717, 1.165) is 30.5 Å². The van der Waals surface area contributed by atoms with Crippen molar-refractivity contribution in [1.29, 1.82) is 5.26 Å². The second-order valence-electron chi connectivity index (χ2n) is 4.36. The predicted molar refractivity (Wildman–Crippen MR) is 63.2 cm³/mol. The Balaban J connectivity index is 2.21. The molecule has 0 radical (unpaired) electrons. The predicted octanol–water partition coefficient (Wildman–Crippen LogP) is 2.19. The highest BCUT2D eigenvalue weighted by atomic mass is 16.3. The number of nitriles is 1. The van der Waals surface area contributed by atoms with Crippen LogP contribution < -0.4 is 5.32 Å². The molecule has 0 aliphatic heterocycles. The van der Waals surface area contributed by atoms with Crippen LogP contribution in [-0.2, 0) is 0 Å². The van der Waals surface area contributed by atoms with Gasteiger partial charge in [-0.1, -0.05) is 12.1 Å². The molecule has 84 valence electrons. The van der Waals surface area contributed by atoms with E-state index >= 15 is 0 Å². The molecule has 3 heteroatoms. The van der Waals surface area contributed by atoms with Gasteiger partial charge in [0.1, 0.15) is 6.07 Å². The summed E-state index contributed by atoms with van der Waals surface area (Å²) in [7, 11) is 0. The Bertz CT molecular complexity index is 422. The summed E-state index contributed by atoms with van der Waals surface area (Å²) >= 11 is 0. The fraction of sp³-hybridized carbons (Fsp3) is 0.462. The standard InChI is InChI=1S/C13H16N2O/c1-9-4-2-5-11(10(9)8-14)15-12-6-3-7-13(12)16/h2,4-5,12-13,15-16H,3,6-7H2,1H3. The van der Waals surface area contributed by atoms with E-state index in [4.69, 9.17) is 5.26 Å². The highest BCUT2D eigenvalue weighted by Crippen LogP contribution is 2.25. The minimum atomic E-state index is -0.285. The lowest BCUT2D eigenvalue weighted by Crippen LogP contribution is -2.28. The van der Waals surface area contributed by atoms with Crippen LogP contribution in [0.1, 0.15) is 30.4 Å². The van der Waals surface area contributed by atoms with Gasteiger partial charge in [0.15, 0.2) is 0 Å². The number of benzene rings is 1. The number of rotatable bonds is 2. The van der Waals surface area contributed by atoms with Crippen LogP contribution in [-0.4, -0.2) is 17.3 Å². The molecule has 0 spiro atoms. The number of hydrogen-bond acceptors (Lipinski definition) is 3.